The van der Waals surface area contributed by atoms with Crippen LogP contribution in [0, 0.1) is 10.1 Å². The number of thiazole rings is 1. The van der Waals surface area contributed by atoms with Gasteiger partial charge in [0, 0.05) is 36.3 Å². The van der Waals surface area contributed by atoms with E-state index in [1.54, 1.807) is 6.07 Å². The van der Waals surface area contributed by atoms with Crippen molar-refractivity contribution < 1.29 is 19.2 Å². The third-order valence-electron chi connectivity index (χ3n) is 4.67. The maximum Gasteiger partial charge on any atom is 0.282 e. The lowest BCUT2D eigenvalue weighted by Gasteiger charge is -2.22. The molecule has 0 N–H and O–H groups in total. The van der Waals surface area contributed by atoms with E-state index in [2.05, 4.69) is 4.98 Å². The summed E-state index contributed by atoms with van der Waals surface area (Å²) in [7, 11) is 3.76. The van der Waals surface area contributed by atoms with Crippen LogP contribution in [0.25, 0.3) is 10.2 Å². The Bertz CT molecular complexity index is 1120. The summed E-state index contributed by atoms with van der Waals surface area (Å²) in [6, 6.07) is 7.56. The van der Waals surface area contributed by atoms with Crippen molar-refractivity contribution in [1.82, 2.24) is 9.88 Å². The maximum absolute atomic E-state index is 13.4. The minimum atomic E-state index is -0.589. The van der Waals surface area contributed by atoms with Gasteiger partial charge in [0.05, 0.1) is 15.1 Å². The van der Waals surface area contributed by atoms with Crippen LogP contribution in [0.1, 0.15) is 10.4 Å². The van der Waals surface area contributed by atoms with Crippen molar-refractivity contribution in [3.63, 3.8) is 0 Å². The molecule has 0 aliphatic carbocycles. The van der Waals surface area contributed by atoms with Gasteiger partial charge in [0.1, 0.15) is 18.8 Å². The lowest BCUT2D eigenvalue weighted by molar-refractivity contribution is -0.385. The van der Waals surface area contributed by atoms with Gasteiger partial charge in [0.25, 0.3) is 11.6 Å². The topological polar surface area (TPSA) is 98.0 Å². The second-order valence-electron chi connectivity index (χ2n) is 7.14. The van der Waals surface area contributed by atoms with Crippen LogP contribution in [-0.4, -0.2) is 61.1 Å². The average Bonchev–Trinajstić information content (AvgIpc) is 3.13. The molecular formula is C20H19ClN4O5S. The van der Waals surface area contributed by atoms with Crippen molar-refractivity contribution in [3.8, 4) is 11.5 Å². The van der Waals surface area contributed by atoms with E-state index in [-0.39, 0.29) is 16.3 Å². The molecule has 162 valence electrons. The van der Waals surface area contributed by atoms with E-state index in [0.717, 1.165) is 4.70 Å². The molecule has 0 bridgehead atoms. The van der Waals surface area contributed by atoms with Gasteiger partial charge in [-0.3, -0.25) is 19.8 Å². The molecule has 11 heteroatoms. The number of carbonyl (C=O) groups is 1. The van der Waals surface area contributed by atoms with Gasteiger partial charge in [0.2, 0.25) is 0 Å². The van der Waals surface area contributed by atoms with E-state index in [0.29, 0.717) is 48.5 Å². The van der Waals surface area contributed by atoms with Crippen LogP contribution in [0.3, 0.4) is 0 Å². The fourth-order valence-electron chi connectivity index (χ4n) is 3.14. The molecule has 4 rings (SSSR count). The summed E-state index contributed by atoms with van der Waals surface area (Å²) in [5.41, 5.74) is 0.275. The number of hydrogen-bond acceptors (Lipinski definition) is 8. The Morgan fingerprint density at radius 3 is 2.58 bits per heavy atom. The minimum absolute atomic E-state index is 0.0820. The Morgan fingerprint density at radius 1 is 1.19 bits per heavy atom. The normalized spacial score (nSPS) is 12.9. The molecule has 3 aromatic rings. The Morgan fingerprint density at radius 2 is 1.90 bits per heavy atom. The molecule has 1 aliphatic rings. The molecule has 0 unspecified atom stereocenters. The van der Waals surface area contributed by atoms with Gasteiger partial charge in [-0.15, -0.1) is 0 Å². The largest absolute Gasteiger partial charge is 0.486 e. The number of anilines is 1. The number of halogens is 1. The Kier molecular flexibility index (Phi) is 5.94. The van der Waals surface area contributed by atoms with Crippen molar-refractivity contribution in [2.75, 3.05) is 45.3 Å². The molecular weight excluding hydrogens is 444 g/mol. The smallest absolute Gasteiger partial charge is 0.282 e. The van der Waals surface area contributed by atoms with E-state index in [9.17, 15) is 14.9 Å². The van der Waals surface area contributed by atoms with E-state index < -0.39 is 10.8 Å². The number of amides is 1. The van der Waals surface area contributed by atoms with Crippen molar-refractivity contribution in [2.24, 2.45) is 0 Å². The van der Waals surface area contributed by atoms with Crippen molar-refractivity contribution in [3.05, 3.63) is 51.0 Å². The quantitative estimate of drug-likeness (QED) is 0.405. The molecule has 1 amide bonds. The highest BCUT2D eigenvalue weighted by atomic mass is 35.5. The molecule has 2 heterocycles. The van der Waals surface area contributed by atoms with Crippen LogP contribution in [0.15, 0.2) is 30.3 Å². The van der Waals surface area contributed by atoms with Gasteiger partial charge in [-0.2, -0.15) is 0 Å². The number of benzene rings is 2. The number of rotatable bonds is 6. The average molecular weight is 463 g/mol. The third-order valence-corrected chi connectivity index (χ3v) is 5.95. The van der Waals surface area contributed by atoms with E-state index in [1.807, 2.05) is 25.1 Å². The van der Waals surface area contributed by atoms with Crippen LogP contribution >= 0.6 is 22.9 Å². The van der Waals surface area contributed by atoms with E-state index >= 15 is 0 Å². The van der Waals surface area contributed by atoms with Gasteiger partial charge in [-0.25, -0.2) is 4.98 Å². The summed E-state index contributed by atoms with van der Waals surface area (Å²) in [4.78, 5) is 32.3. The third kappa shape index (κ3) is 4.41. The number of nitro groups is 1. The highest BCUT2D eigenvalue weighted by molar-refractivity contribution is 7.22. The fourth-order valence-corrected chi connectivity index (χ4v) is 4.31. The number of carbonyl (C=O) groups excluding carboxylic acids is 1. The van der Waals surface area contributed by atoms with Crippen LogP contribution in [0.5, 0.6) is 11.5 Å². The number of ether oxygens (including phenoxy) is 2. The zero-order valence-corrected chi connectivity index (χ0v) is 18.4. The van der Waals surface area contributed by atoms with Crippen LogP contribution in [0.2, 0.25) is 5.02 Å². The SMILES string of the molecule is CN(C)CCN(C(=O)c1cc(Cl)ccc1[N+](=O)[O-])c1nc2cc3c(cc2s1)OCCO3. The standard InChI is InChI=1S/C20H19ClN4O5S/c1-23(2)5-6-24(19(26)13-9-12(21)3-4-15(13)25(27)28)20-22-14-10-16-17(11-18(14)31-20)30-8-7-29-16/h3-4,9-11H,5-8H2,1-2H3. The highest BCUT2D eigenvalue weighted by Crippen LogP contribution is 2.39. The zero-order chi connectivity index (χ0) is 22.1. The molecule has 1 aromatic heterocycles. The number of nitrogens with zero attached hydrogens (tertiary/aromatic N) is 4. The summed E-state index contributed by atoms with van der Waals surface area (Å²) in [5, 5.41) is 12.2. The summed E-state index contributed by atoms with van der Waals surface area (Å²) in [5.74, 6) is 0.699. The first-order valence-corrected chi connectivity index (χ1v) is 10.6. The van der Waals surface area contributed by atoms with E-state index in [1.165, 1.54) is 34.4 Å². The van der Waals surface area contributed by atoms with Gasteiger partial charge in [-0.1, -0.05) is 22.9 Å². The van der Waals surface area contributed by atoms with Crippen LogP contribution < -0.4 is 14.4 Å². The Hall–Kier alpha value is -2.95. The molecule has 0 atom stereocenters. The maximum atomic E-state index is 13.4. The van der Waals surface area contributed by atoms with Gasteiger partial charge in [-0.05, 0) is 26.2 Å². The molecule has 0 fully saturated rings. The van der Waals surface area contributed by atoms with Crippen LogP contribution in [0.4, 0.5) is 10.8 Å². The predicted molar refractivity (Wildman–Crippen MR) is 119 cm³/mol. The molecule has 0 spiro atoms. The Labute approximate surface area is 186 Å². The first-order valence-electron chi connectivity index (χ1n) is 9.44. The number of likely N-dealkylation sites (N-methyl/N-ethyl adjacent to an activating group) is 1. The summed E-state index contributed by atoms with van der Waals surface area (Å²) in [6.07, 6.45) is 0. The second-order valence-corrected chi connectivity index (χ2v) is 8.58. The molecule has 0 saturated heterocycles. The second kappa shape index (κ2) is 8.66. The van der Waals surface area contributed by atoms with Gasteiger partial charge in [0.15, 0.2) is 16.6 Å². The number of nitro benzene ring substituents is 1. The molecule has 1 aliphatic heterocycles. The van der Waals surface area contributed by atoms with Crippen molar-refractivity contribution in [1.29, 1.82) is 0 Å². The molecule has 0 saturated carbocycles. The zero-order valence-electron chi connectivity index (χ0n) is 16.8. The molecule has 0 radical (unpaired) electrons. The highest BCUT2D eigenvalue weighted by Gasteiger charge is 2.28. The monoisotopic (exact) mass is 462 g/mol. The number of hydrogen-bond donors (Lipinski definition) is 0. The van der Waals surface area contributed by atoms with Crippen LogP contribution in [-0.2, 0) is 0 Å². The Balaban J connectivity index is 1.77. The number of aromatic nitrogens is 1. The first-order chi connectivity index (χ1) is 14.8. The lowest BCUT2D eigenvalue weighted by atomic mass is 10.1. The summed E-state index contributed by atoms with van der Waals surface area (Å²) >= 11 is 7.35. The van der Waals surface area contributed by atoms with E-state index in [4.69, 9.17) is 21.1 Å². The predicted octanol–water partition coefficient (Wildman–Crippen LogP) is 3.84. The summed E-state index contributed by atoms with van der Waals surface area (Å²) in [6.45, 7) is 1.76. The molecule has 9 nitrogen and oxygen atoms in total. The van der Waals surface area contributed by atoms with Gasteiger partial charge < -0.3 is 14.4 Å². The minimum Gasteiger partial charge on any atom is -0.486 e. The molecule has 2 aromatic carbocycles. The van der Waals surface area contributed by atoms with Crippen molar-refractivity contribution in [2.45, 2.75) is 0 Å². The number of fused-ring (bicyclic) bond motifs is 2. The molecule has 31 heavy (non-hydrogen) atoms. The van der Waals surface area contributed by atoms with Gasteiger partial charge >= 0.3 is 0 Å². The van der Waals surface area contributed by atoms with Crippen molar-refractivity contribution >= 4 is 49.9 Å². The first kappa shape index (κ1) is 21.3. The fraction of sp³-hybridized carbons (Fsp3) is 0.300. The lowest BCUT2D eigenvalue weighted by Crippen LogP contribution is -2.37. The summed E-state index contributed by atoms with van der Waals surface area (Å²) < 4.78 is 12.1.